The molecule has 4 rings (SSSR count). The third-order valence-corrected chi connectivity index (χ3v) is 5.01. The van der Waals surface area contributed by atoms with Crippen LogP contribution in [0.2, 0.25) is 0 Å². The lowest BCUT2D eigenvalue weighted by atomic mass is 10.0. The molecule has 3 aromatic rings. The van der Waals surface area contributed by atoms with Crippen LogP contribution in [0.25, 0.3) is 0 Å². The maximum Gasteiger partial charge on any atom is 0.410 e. The van der Waals surface area contributed by atoms with Crippen LogP contribution in [-0.4, -0.2) is 36.1 Å². The molecule has 3 heterocycles. The van der Waals surface area contributed by atoms with Crippen molar-refractivity contribution in [2.75, 3.05) is 24.9 Å². The Morgan fingerprint density at radius 2 is 2.03 bits per heavy atom. The molecule has 0 aliphatic carbocycles. The van der Waals surface area contributed by atoms with Crippen LogP contribution in [0.5, 0.6) is 11.5 Å². The second-order valence-corrected chi connectivity index (χ2v) is 6.88. The molecule has 0 radical (unpaired) electrons. The number of furan rings is 1. The van der Waals surface area contributed by atoms with Crippen molar-refractivity contribution in [2.24, 2.45) is 0 Å². The number of methoxy groups -OCH3 is 2. The largest absolute Gasteiger partial charge is 0.493 e. The van der Waals surface area contributed by atoms with Crippen molar-refractivity contribution in [3.8, 4) is 11.5 Å². The monoisotopic (exact) mass is 436 g/mol. The fourth-order valence-corrected chi connectivity index (χ4v) is 3.52. The van der Waals surface area contributed by atoms with E-state index in [0.717, 1.165) is 10.9 Å². The van der Waals surface area contributed by atoms with Crippen molar-refractivity contribution in [1.29, 1.82) is 0 Å². The molecule has 1 aliphatic heterocycles. The van der Waals surface area contributed by atoms with E-state index < -0.39 is 24.2 Å². The number of aromatic nitrogens is 2. The van der Waals surface area contributed by atoms with E-state index in [1.807, 2.05) is 0 Å². The highest BCUT2D eigenvalue weighted by molar-refractivity contribution is 6.07. The summed E-state index contributed by atoms with van der Waals surface area (Å²) in [7, 11) is 2.93. The number of alkyl halides is 3. The number of halogens is 3. The van der Waals surface area contributed by atoms with Gasteiger partial charge in [-0.05, 0) is 24.3 Å². The summed E-state index contributed by atoms with van der Waals surface area (Å²) < 4.78 is 57.5. The summed E-state index contributed by atoms with van der Waals surface area (Å²) in [5.74, 6) is 0.549. The number of carbonyl (C=O) groups excluding carboxylic acids is 1. The van der Waals surface area contributed by atoms with Crippen LogP contribution < -0.4 is 20.1 Å². The van der Waals surface area contributed by atoms with Gasteiger partial charge in [0.05, 0.1) is 32.7 Å². The highest BCUT2D eigenvalue weighted by Crippen LogP contribution is 2.44. The quantitative estimate of drug-likeness (QED) is 0.616. The lowest BCUT2D eigenvalue weighted by molar-refractivity contribution is -0.174. The van der Waals surface area contributed by atoms with Crippen molar-refractivity contribution in [1.82, 2.24) is 9.78 Å². The first-order chi connectivity index (χ1) is 14.8. The molecule has 2 N–H and O–H groups in total. The highest BCUT2D eigenvalue weighted by atomic mass is 19.4. The van der Waals surface area contributed by atoms with Crippen LogP contribution in [0.15, 0.2) is 47.2 Å². The normalized spacial score (nSPS) is 18.1. The molecular formula is C20H19F3N4O4. The van der Waals surface area contributed by atoms with Gasteiger partial charge < -0.3 is 24.5 Å². The molecule has 8 nitrogen and oxygen atoms in total. The SMILES string of the molecule is COc1ccc(NC(=O)c2cnn3c2N[C@@H](c2ccco2)C[C@@H]3C(F)(F)F)cc1OC. The number of fused-ring (bicyclic) bond motifs is 1. The Morgan fingerprint density at radius 3 is 2.68 bits per heavy atom. The fraction of sp³-hybridized carbons (Fsp3) is 0.300. The van der Waals surface area contributed by atoms with Gasteiger partial charge in [0.1, 0.15) is 17.1 Å². The summed E-state index contributed by atoms with van der Waals surface area (Å²) in [4.78, 5) is 12.9. The van der Waals surface area contributed by atoms with Gasteiger partial charge in [-0.15, -0.1) is 0 Å². The van der Waals surface area contributed by atoms with Gasteiger partial charge in [0.15, 0.2) is 17.5 Å². The van der Waals surface area contributed by atoms with Crippen molar-refractivity contribution >= 4 is 17.4 Å². The number of benzene rings is 1. The molecule has 0 spiro atoms. The molecule has 11 heteroatoms. The molecule has 0 unspecified atom stereocenters. The number of hydrogen-bond acceptors (Lipinski definition) is 6. The lowest BCUT2D eigenvalue weighted by Crippen LogP contribution is -2.36. The zero-order chi connectivity index (χ0) is 22.2. The predicted octanol–water partition coefficient (Wildman–Crippen LogP) is 4.41. The Kier molecular flexibility index (Phi) is 5.25. The van der Waals surface area contributed by atoms with Gasteiger partial charge in [0, 0.05) is 18.2 Å². The van der Waals surface area contributed by atoms with E-state index in [1.165, 1.54) is 20.5 Å². The average Bonchev–Trinajstić information content (AvgIpc) is 3.42. The second kappa shape index (κ2) is 7.89. The Balaban J connectivity index is 1.65. The molecule has 2 aromatic heterocycles. The van der Waals surface area contributed by atoms with Crippen molar-refractivity contribution in [3.05, 3.63) is 54.1 Å². The highest BCUT2D eigenvalue weighted by Gasteiger charge is 2.47. The van der Waals surface area contributed by atoms with E-state index in [9.17, 15) is 18.0 Å². The van der Waals surface area contributed by atoms with Crippen LogP contribution in [0, 0.1) is 0 Å². The molecule has 1 aromatic carbocycles. The average molecular weight is 436 g/mol. The molecule has 0 fully saturated rings. The van der Waals surface area contributed by atoms with E-state index in [4.69, 9.17) is 13.9 Å². The van der Waals surface area contributed by atoms with Crippen molar-refractivity contribution in [2.45, 2.75) is 24.7 Å². The van der Waals surface area contributed by atoms with Gasteiger partial charge in [-0.3, -0.25) is 4.79 Å². The van der Waals surface area contributed by atoms with Crippen LogP contribution >= 0.6 is 0 Å². The van der Waals surface area contributed by atoms with E-state index in [0.29, 0.717) is 22.9 Å². The minimum atomic E-state index is -4.55. The van der Waals surface area contributed by atoms with Crippen molar-refractivity contribution in [3.63, 3.8) is 0 Å². The van der Waals surface area contributed by atoms with Gasteiger partial charge in [0.2, 0.25) is 0 Å². The molecule has 164 valence electrons. The number of nitrogens with zero attached hydrogens (tertiary/aromatic N) is 2. The number of nitrogens with one attached hydrogen (secondary N) is 2. The number of carbonyl (C=O) groups is 1. The summed E-state index contributed by atoms with van der Waals surface area (Å²) in [5.41, 5.74) is 0.355. The molecule has 1 aliphatic rings. The fourth-order valence-electron chi connectivity index (χ4n) is 3.52. The molecular weight excluding hydrogens is 417 g/mol. The molecule has 31 heavy (non-hydrogen) atoms. The minimum Gasteiger partial charge on any atom is -0.493 e. The smallest absolute Gasteiger partial charge is 0.410 e. The second-order valence-electron chi connectivity index (χ2n) is 6.88. The Hall–Kier alpha value is -3.63. The summed E-state index contributed by atoms with van der Waals surface area (Å²) in [6.07, 6.45) is -2.37. The maximum absolute atomic E-state index is 13.7. The van der Waals surface area contributed by atoms with Crippen molar-refractivity contribution < 1.29 is 31.9 Å². The van der Waals surface area contributed by atoms with Gasteiger partial charge in [-0.25, -0.2) is 4.68 Å². The topological polar surface area (TPSA) is 90.5 Å². The molecule has 0 saturated heterocycles. The zero-order valence-electron chi connectivity index (χ0n) is 16.6. The summed E-state index contributed by atoms with van der Waals surface area (Å²) in [6.45, 7) is 0. The first-order valence-corrected chi connectivity index (χ1v) is 9.29. The summed E-state index contributed by atoms with van der Waals surface area (Å²) in [5, 5.41) is 9.45. The van der Waals surface area contributed by atoms with E-state index in [1.54, 1.807) is 30.3 Å². The summed E-state index contributed by atoms with van der Waals surface area (Å²) in [6, 6.07) is 5.25. The van der Waals surface area contributed by atoms with Gasteiger partial charge in [0.25, 0.3) is 5.91 Å². The minimum absolute atomic E-state index is 0.0275. The molecule has 0 saturated carbocycles. The van der Waals surface area contributed by atoms with Gasteiger partial charge in [-0.1, -0.05) is 0 Å². The van der Waals surface area contributed by atoms with Crippen LogP contribution in [0.4, 0.5) is 24.7 Å². The van der Waals surface area contributed by atoms with Gasteiger partial charge in [-0.2, -0.15) is 18.3 Å². The van der Waals surface area contributed by atoms with E-state index >= 15 is 0 Å². The first-order valence-electron chi connectivity index (χ1n) is 9.29. The van der Waals surface area contributed by atoms with E-state index in [-0.39, 0.29) is 17.8 Å². The Bertz CT molecular complexity index is 1080. The van der Waals surface area contributed by atoms with Crippen LogP contribution in [-0.2, 0) is 0 Å². The predicted molar refractivity (Wildman–Crippen MR) is 105 cm³/mol. The molecule has 2 atom stereocenters. The zero-order valence-corrected chi connectivity index (χ0v) is 16.6. The Labute approximate surface area is 174 Å². The van der Waals surface area contributed by atoms with Crippen LogP contribution in [0.1, 0.15) is 34.6 Å². The molecule has 1 amide bonds. The molecule has 0 bridgehead atoms. The Morgan fingerprint density at radius 1 is 1.26 bits per heavy atom. The number of anilines is 2. The third-order valence-electron chi connectivity index (χ3n) is 5.01. The third kappa shape index (κ3) is 3.90. The number of rotatable bonds is 5. The maximum atomic E-state index is 13.7. The number of ether oxygens (including phenoxy) is 2. The summed E-state index contributed by atoms with van der Waals surface area (Å²) >= 11 is 0. The standard InChI is InChI=1S/C20H19F3N4O4/c1-29-15-6-5-11(8-16(15)30-2)25-19(28)12-10-24-27-17(20(21,22)23)9-13(26-18(12)27)14-4-3-7-31-14/h3-8,10,13,17,26H,9H2,1-2H3,(H,25,28)/t13-,17-/m1/s1. The van der Waals surface area contributed by atoms with Gasteiger partial charge >= 0.3 is 6.18 Å². The van der Waals surface area contributed by atoms with Crippen LogP contribution in [0.3, 0.4) is 0 Å². The van der Waals surface area contributed by atoms with E-state index in [2.05, 4.69) is 15.7 Å². The number of amides is 1. The first kappa shape index (κ1) is 20.6. The number of hydrogen-bond donors (Lipinski definition) is 2. The lowest BCUT2D eigenvalue weighted by Gasteiger charge is -2.32.